The van der Waals surface area contributed by atoms with Crippen LogP contribution in [-0.2, 0) is 20.7 Å². The number of esters is 1. The zero-order chi connectivity index (χ0) is 14.6. The average Bonchev–Trinajstić information content (AvgIpc) is 2.71. The van der Waals surface area contributed by atoms with Crippen LogP contribution in [-0.4, -0.2) is 41.2 Å². The van der Waals surface area contributed by atoms with E-state index >= 15 is 0 Å². The Labute approximate surface area is 104 Å². The third-order valence-electron chi connectivity index (χ3n) is 2.07. The van der Waals surface area contributed by atoms with E-state index in [1.54, 1.807) is 0 Å². The number of nitrogens with zero attached hydrogens (tertiary/aromatic N) is 1. The predicted molar refractivity (Wildman–Crippen MR) is 52.3 cm³/mol. The third-order valence-corrected chi connectivity index (χ3v) is 2.07. The van der Waals surface area contributed by atoms with Crippen LogP contribution < -0.4 is 5.32 Å². The molecular weight excluding hydrogens is 274 g/mol. The van der Waals surface area contributed by atoms with Gasteiger partial charge >= 0.3 is 18.1 Å². The number of carbonyl (C=O) groups excluding carboxylic acids is 2. The Kier molecular flexibility index (Phi) is 4.46. The smallest absolute Gasteiger partial charge is 0.467 e. The molecule has 1 heterocycles. The topological polar surface area (TPSA) is 84.1 Å². The van der Waals surface area contributed by atoms with E-state index in [0.717, 1.165) is 13.3 Å². The van der Waals surface area contributed by atoms with Gasteiger partial charge in [0.05, 0.1) is 13.3 Å². The normalized spacial score (nSPS) is 12.9. The monoisotopic (exact) mass is 283 g/mol. The Hall–Kier alpha value is -2.13. The average molecular weight is 283 g/mol. The van der Waals surface area contributed by atoms with E-state index in [2.05, 4.69) is 14.7 Å². The van der Waals surface area contributed by atoms with Crippen LogP contribution >= 0.6 is 0 Å². The lowest BCUT2D eigenvalue weighted by Gasteiger charge is -2.16. The maximum atomic E-state index is 12.6. The summed E-state index contributed by atoms with van der Waals surface area (Å²) in [5, 5.41) is 1.46. The fraction of sp³-hybridized carbons (Fsp3) is 0.444. The molecule has 0 aliphatic carbocycles. The molecule has 1 aromatic heterocycles. The molecule has 0 saturated heterocycles. The van der Waals surface area contributed by atoms with Gasteiger partial charge in [-0.05, 0) is 0 Å². The summed E-state index contributed by atoms with van der Waals surface area (Å²) in [6, 6.07) is -1.60. The zero-order valence-electron chi connectivity index (χ0n) is 9.55. The zero-order valence-corrected chi connectivity index (χ0v) is 9.55. The van der Waals surface area contributed by atoms with Gasteiger partial charge in [-0.3, -0.25) is 4.79 Å². The van der Waals surface area contributed by atoms with Gasteiger partial charge in [0, 0.05) is 12.1 Å². The van der Waals surface area contributed by atoms with Gasteiger partial charge in [0.15, 0.2) is 0 Å². The van der Waals surface area contributed by atoms with E-state index in [1.165, 1.54) is 5.32 Å². The summed E-state index contributed by atoms with van der Waals surface area (Å²) in [6.45, 7) is 0. The van der Waals surface area contributed by atoms with Crippen molar-refractivity contribution in [1.82, 2.24) is 15.3 Å². The molecule has 1 rings (SSSR count). The highest BCUT2D eigenvalue weighted by Gasteiger charge is 2.41. The number of halogens is 4. The van der Waals surface area contributed by atoms with E-state index in [1.807, 2.05) is 0 Å². The van der Waals surface area contributed by atoms with Crippen LogP contribution in [0.15, 0.2) is 6.20 Å². The largest absolute Gasteiger partial charge is 0.471 e. The van der Waals surface area contributed by atoms with Crippen LogP contribution in [0.1, 0.15) is 5.69 Å². The second-order valence-electron chi connectivity index (χ2n) is 3.45. The van der Waals surface area contributed by atoms with Gasteiger partial charge in [-0.1, -0.05) is 0 Å². The number of rotatable bonds is 4. The highest BCUT2D eigenvalue weighted by Crippen LogP contribution is 2.15. The lowest BCUT2D eigenvalue weighted by molar-refractivity contribution is -0.175. The number of hydrogen-bond acceptors (Lipinski definition) is 4. The van der Waals surface area contributed by atoms with Gasteiger partial charge in [-0.2, -0.15) is 17.6 Å². The summed E-state index contributed by atoms with van der Waals surface area (Å²) in [4.78, 5) is 27.3. The summed E-state index contributed by atoms with van der Waals surface area (Å²) >= 11 is 0. The summed E-state index contributed by atoms with van der Waals surface area (Å²) < 4.78 is 53.0. The van der Waals surface area contributed by atoms with Crippen molar-refractivity contribution in [3.63, 3.8) is 0 Å². The van der Waals surface area contributed by atoms with Crippen molar-refractivity contribution in [3.8, 4) is 0 Å². The SMILES string of the molecule is COC(=O)C(Cc1cnc(F)[nH]1)NC(=O)C(F)(F)F. The Bertz CT molecular complexity index is 472. The molecule has 1 unspecified atom stereocenters. The summed E-state index contributed by atoms with van der Waals surface area (Å²) in [5.74, 6) is -3.38. The number of methoxy groups -OCH3 is 1. The van der Waals surface area contributed by atoms with Crippen molar-refractivity contribution in [2.75, 3.05) is 7.11 Å². The molecule has 0 aliphatic heterocycles. The third kappa shape index (κ3) is 4.23. The number of H-pyrrole nitrogens is 1. The highest BCUT2D eigenvalue weighted by atomic mass is 19.4. The van der Waals surface area contributed by atoms with Crippen LogP contribution in [0, 0.1) is 6.08 Å². The van der Waals surface area contributed by atoms with Gasteiger partial charge in [-0.15, -0.1) is 0 Å². The van der Waals surface area contributed by atoms with E-state index < -0.39 is 36.6 Å². The molecule has 6 nitrogen and oxygen atoms in total. The first-order valence-electron chi connectivity index (χ1n) is 4.89. The van der Waals surface area contributed by atoms with Gasteiger partial charge < -0.3 is 15.0 Å². The van der Waals surface area contributed by atoms with Crippen molar-refractivity contribution in [3.05, 3.63) is 18.0 Å². The second-order valence-corrected chi connectivity index (χ2v) is 3.45. The molecule has 0 radical (unpaired) electrons. The van der Waals surface area contributed by atoms with Crippen LogP contribution in [0.25, 0.3) is 0 Å². The molecule has 1 aromatic rings. The molecular formula is C9H9F4N3O3. The number of nitrogens with one attached hydrogen (secondary N) is 2. The van der Waals surface area contributed by atoms with E-state index in [4.69, 9.17) is 0 Å². The summed E-state index contributed by atoms with van der Waals surface area (Å²) in [5.41, 5.74) is 0.0374. The van der Waals surface area contributed by atoms with E-state index in [0.29, 0.717) is 0 Å². The van der Waals surface area contributed by atoms with Crippen molar-refractivity contribution in [2.45, 2.75) is 18.6 Å². The van der Waals surface area contributed by atoms with Gasteiger partial charge in [-0.25, -0.2) is 9.78 Å². The fourth-order valence-electron chi connectivity index (χ4n) is 1.23. The number of imidazole rings is 1. The van der Waals surface area contributed by atoms with Gasteiger partial charge in [0.2, 0.25) is 0 Å². The van der Waals surface area contributed by atoms with Crippen molar-refractivity contribution < 1.29 is 31.9 Å². The quantitative estimate of drug-likeness (QED) is 0.615. The number of amides is 1. The molecule has 0 aliphatic rings. The molecule has 10 heteroatoms. The summed E-state index contributed by atoms with van der Waals surface area (Å²) in [7, 11) is 0.947. The summed E-state index contributed by atoms with van der Waals surface area (Å²) in [6.07, 6.45) is -5.51. The predicted octanol–water partition coefficient (Wildman–Crippen LogP) is 0.311. The van der Waals surface area contributed by atoms with Crippen molar-refractivity contribution >= 4 is 11.9 Å². The fourth-order valence-corrected chi connectivity index (χ4v) is 1.23. The molecule has 2 N–H and O–H groups in total. The van der Waals surface area contributed by atoms with Crippen LogP contribution in [0.4, 0.5) is 17.6 Å². The maximum Gasteiger partial charge on any atom is 0.471 e. The first kappa shape index (κ1) is 14.9. The van der Waals surface area contributed by atoms with Crippen LogP contribution in [0.2, 0.25) is 0 Å². The van der Waals surface area contributed by atoms with Crippen LogP contribution in [0.5, 0.6) is 0 Å². The number of hydrogen-bond donors (Lipinski definition) is 2. The minimum atomic E-state index is -5.13. The molecule has 1 atom stereocenters. The Balaban J connectivity index is 2.78. The van der Waals surface area contributed by atoms with Crippen molar-refractivity contribution in [2.24, 2.45) is 0 Å². The number of aromatic amines is 1. The van der Waals surface area contributed by atoms with Gasteiger partial charge in [0.25, 0.3) is 6.08 Å². The Morgan fingerprint density at radius 2 is 2.16 bits per heavy atom. The number of ether oxygens (including phenoxy) is 1. The molecule has 0 spiro atoms. The Morgan fingerprint density at radius 3 is 2.58 bits per heavy atom. The van der Waals surface area contributed by atoms with Gasteiger partial charge in [0.1, 0.15) is 6.04 Å². The van der Waals surface area contributed by atoms with E-state index in [9.17, 15) is 27.2 Å². The Morgan fingerprint density at radius 1 is 1.53 bits per heavy atom. The first-order chi connectivity index (χ1) is 8.74. The highest BCUT2D eigenvalue weighted by molar-refractivity contribution is 5.87. The molecule has 1 amide bonds. The molecule has 0 fully saturated rings. The number of alkyl halides is 3. The van der Waals surface area contributed by atoms with Crippen molar-refractivity contribution in [1.29, 1.82) is 0 Å². The molecule has 19 heavy (non-hydrogen) atoms. The molecule has 0 saturated carbocycles. The number of aromatic nitrogens is 2. The minimum Gasteiger partial charge on any atom is -0.467 e. The van der Waals surface area contributed by atoms with E-state index in [-0.39, 0.29) is 5.69 Å². The molecule has 106 valence electrons. The molecule has 0 bridgehead atoms. The number of carbonyl (C=O) groups is 2. The first-order valence-corrected chi connectivity index (χ1v) is 4.89. The lowest BCUT2D eigenvalue weighted by atomic mass is 10.1. The molecule has 0 aromatic carbocycles. The van der Waals surface area contributed by atoms with Crippen LogP contribution in [0.3, 0.4) is 0 Å². The minimum absolute atomic E-state index is 0.0374. The lowest BCUT2D eigenvalue weighted by Crippen LogP contribution is -2.48. The second kappa shape index (κ2) is 5.67. The maximum absolute atomic E-state index is 12.6. The standard InChI is InChI=1S/C9H9F4N3O3/c1-19-6(17)5(16-7(18)9(11,12)13)2-4-3-14-8(10)15-4/h3,5H,2H2,1H3,(H,14,15)(H,16,18).